The number of hydrogen-bond donors (Lipinski definition) is 0. The average molecular weight is 573 g/mol. The predicted octanol–water partition coefficient (Wildman–Crippen LogP) is 12.6. The molecule has 1 aromatic heterocycles. The van der Waals surface area contributed by atoms with Gasteiger partial charge in [-0.15, -0.1) is 0 Å². The molecule has 1 heteroatoms. The smallest absolute Gasteiger partial charge is 0.143 e. The quantitative estimate of drug-likeness (QED) is 0.191. The third-order valence-electron chi connectivity index (χ3n) is 9.10. The Bertz CT molecular complexity index is 2460. The van der Waals surface area contributed by atoms with Crippen molar-refractivity contribution in [3.8, 4) is 44.5 Å². The van der Waals surface area contributed by atoms with Crippen LogP contribution in [-0.4, -0.2) is 0 Å². The van der Waals surface area contributed by atoms with Gasteiger partial charge < -0.3 is 4.42 Å². The second-order valence-electron chi connectivity index (χ2n) is 11.6. The molecule has 1 heterocycles. The summed E-state index contributed by atoms with van der Waals surface area (Å²) in [5.74, 6) is 0. The molecule has 0 fully saturated rings. The van der Waals surface area contributed by atoms with E-state index in [1.54, 1.807) is 0 Å². The topological polar surface area (TPSA) is 13.1 Å². The van der Waals surface area contributed by atoms with Crippen molar-refractivity contribution in [3.63, 3.8) is 0 Å². The summed E-state index contributed by atoms with van der Waals surface area (Å²) in [7, 11) is 0. The molecule has 0 saturated heterocycles. The highest BCUT2D eigenvalue weighted by molar-refractivity contribution is 6.22. The van der Waals surface area contributed by atoms with Crippen LogP contribution < -0.4 is 0 Å². The van der Waals surface area contributed by atoms with Crippen molar-refractivity contribution < 1.29 is 4.42 Å². The summed E-state index contributed by atoms with van der Waals surface area (Å²) in [6.07, 6.45) is 0. The Kier molecular flexibility index (Phi) is 5.89. The lowest BCUT2D eigenvalue weighted by atomic mass is 9.83. The lowest BCUT2D eigenvalue weighted by Crippen LogP contribution is -1.92. The van der Waals surface area contributed by atoms with Crippen LogP contribution in [0.5, 0.6) is 0 Å². The van der Waals surface area contributed by atoms with E-state index in [4.69, 9.17) is 4.42 Å². The van der Waals surface area contributed by atoms with Crippen molar-refractivity contribution in [1.82, 2.24) is 0 Å². The fourth-order valence-corrected chi connectivity index (χ4v) is 7.09. The Morgan fingerprint density at radius 3 is 1.42 bits per heavy atom. The summed E-state index contributed by atoms with van der Waals surface area (Å²) in [6, 6.07) is 60.9. The summed E-state index contributed by atoms with van der Waals surface area (Å²) in [4.78, 5) is 0. The second-order valence-corrected chi connectivity index (χ2v) is 11.6. The number of benzene rings is 8. The highest BCUT2D eigenvalue weighted by Gasteiger charge is 2.19. The van der Waals surface area contributed by atoms with Crippen LogP contribution >= 0.6 is 0 Å². The van der Waals surface area contributed by atoms with Gasteiger partial charge in [-0.3, -0.25) is 0 Å². The van der Waals surface area contributed by atoms with Gasteiger partial charge >= 0.3 is 0 Å². The summed E-state index contributed by atoms with van der Waals surface area (Å²) >= 11 is 0. The van der Waals surface area contributed by atoms with Crippen LogP contribution in [0.1, 0.15) is 0 Å². The average Bonchev–Trinajstić information content (AvgIpc) is 3.50. The highest BCUT2D eigenvalue weighted by Crippen LogP contribution is 2.46. The van der Waals surface area contributed by atoms with Crippen LogP contribution in [0.3, 0.4) is 0 Å². The first kappa shape index (κ1) is 25.6. The molecule has 0 radical (unpaired) electrons. The molecule has 0 spiro atoms. The molecule has 0 amide bonds. The van der Waals surface area contributed by atoms with E-state index in [0.717, 1.165) is 33.1 Å². The van der Waals surface area contributed by atoms with E-state index < -0.39 is 0 Å². The van der Waals surface area contributed by atoms with E-state index >= 15 is 0 Å². The summed E-state index contributed by atoms with van der Waals surface area (Å²) < 4.78 is 6.36. The molecule has 9 aromatic rings. The Morgan fingerprint density at radius 1 is 0.267 bits per heavy atom. The molecule has 0 bridgehead atoms. The monoisotopic (exact) mass is 572 g/mol. The SMILES string of the molecule is c1ccc(-c2ccccc2-c2c3ccccc3c(-c3ccc(-c4cccc5c4oc4ccccc45)cc3)c3ccccc23)cc1. The molecular formula is C44H28O. The van der Waals surface area contributed by atoms with Crippen molar-refractivity contribution in [2.45, 2.75) is 0 Å². The van der Waals surface area contributed by atoms with E-state index in [-0.39, 0.29) is 0 Å². The molecule has 1 nitrogen and oxygen atoms in total. The molecule has 0 aliphatic heterocycles. The van der Waals surface area contributed by atoms with Gasteiger partial charge in [-0.2, -0.15) is 0 Å². The van der Waals surface area contributed by atoms with Crippen molar-refractivity contribution in [2.24, 2.45) is 0 Å². The van der Waals surface area contributed by atoms with Crippen molar-refractivity contribution in [1.29, 1.82) is 0 Å². The van der Waals surface area contributed by atoms with Gasteiger partial charge in [0.25, 0.3) is 0 Å². The van der Waals surface area contributed by atoms with Crippen molar-refractivity contribution >= 4 is 43.5 Å². The molecule has 45 heavy (non-hydrogen) atoms. The Morgan fingerprint density at radius 2 is 0.733 bits per heavy atom. The van der Waals surface area contributed by atoms with Gasteiger partial charge in [0.15, 0.2) is 0 Å². The van der Waals surface area contributed by atoms with E-state index in [9.17, 15) is 0 Å². The van der Waals surface area contributed by atoms with Crippen LogP contribution in [0.15, 0.2) is 174 Å². The number of rotatable bonds is 4. The Labute approximate surface area is 261 Å². The van der Waals surface area contributed by atoms with Crippen molar-refractivity contribution in [2.75, 3.05) is 0 Å². The van der Waals surface area contributed by atoms with Crippen LogP contribution in [0.25, 0.3) is 88.0 Å². The first-order valence-electron chi connectivity index (χ1n) is 15.4. The lowest BCUT2D eigenvalue weighted by Gasteiger charge is -2.19. The zero-order valence-corrected chi connectivity index (χ0v) is 24.6. The third kappa shape index (κ3) is 4.09. The maximum Gasteiger partial charge on any atom is 0.143 e. The standard InChI is InChI=1S/C44H28O/c1-2-13-29(14-3-1)32-15-4-5-17-35(32)43-38-20-8-6-18-36(38)42(37-19-7-9-21-39(37)43)31-27-25-30(26-28-31)33-22-12-23-40-34-16-10-11-24-41(34)45-44(33)40/h1-28H. The predicted molar refractivity (Wildman–Crippen MR) is 190 cm³/mol. The maximum absolute atomic E-state index is 6.36. The molecule has 9 rings (SSSR count). The summed E-state index contributed by atoms with van der Waals surface area (Å²) in [5.41, 5.74) is 11.6. The third-order valence-corrected chi connectivity index (χ3v) is 9.10. The van der Waals surface area contributed by atoms with Gasteiger partial charge in [-0.1, -0.05) is 164 Å². The Hall–Kier alpha value is -5.92. The zero-order chi connectivity index (χ0) is 29.7. The van der Waals surface area contributed by atoms with Crippen molar-refractivity contribution in [3.05, 3.63) is 170 Å². The molecule has 0 aliphatic rings. The number of hydrogen-bond acceptors (Lipinski definition) is 1. The second kappa shape index (κ2) is 10.4. The Balaban J connectivity index is 1.26. The van der Waals surface area contributed by atoms with E-state index in [1.807, 2.05) is 12.1 Å². The van der Waals surface area contributed by atoms with Crippen LogP contribution in [0.4, 0.5) is 0 Å². The van der Waals surface area contributed by atoms with Gasteiger partial charge in [0.05, 0.1) is 0 Å². The fraction of sp³-hybridized carbons (Fsp3) is 0. The zero-order valence-electron chi connectivity index (χ0n) is 24.6. The minimum atomic E-state index is 0.920. The largest absolute Gasteiger partial charge is 0.455 e. The number of furan rings is 1. The molecular weight excluding hydrogens is 544 g/mol. The molecule has 0 atom stereocenters. The number of fused-ring (bicyclic) bond motifs is 5. The molecule has 8 aromatic carbocycles. The van der Waals surface area contributed by atoms with E-state index in [0.29, 0.717) is 0 Å². The molecule has 0 saturated carbocycles. The normalized spacial score (nSPS) is 11.6. The molecule has 0 unspecified atom stereocenters. The van der Waals surface area contributed by atoms with Crippen LogP contribution in [0, 0.1) is 0 Å². The fourth-order valence-electron chi connectivity index (χ4n) is 7.09. The number of para-hydroxylation sites is 2. The summed E-state index contributed by atoms with van der Waals surface area (Å²) in [6.45, 7) is 0. The first-order valence-corrected chi connectivity index (χ1v) is 15.4. The van der Waals surface area contributed by atoms with Gasteiger partial charge in [-0.05, 0) is 66.6 Å². The van der Waals surface area contributed by atoms with Gasteiger partial charge in [0.2, 0.25) is 0 Å². The van der Waals surface area contributed by atoms with E-state index in [2.05, 4.69) is 158 Å². The first-order chi connectivity index (χ1) is 22.3. The van der Waals surface area contributed by atoms with Gasteiger partial charge in [0.1, 0.15) is 11.2 Å². The highest BCUT2D eigenvalue weighted by atomic mass is 16.3. The summed E-state index contributed by atoms with van der Waals surface area (Å²) in [5, 5.41) is 7.31. The minimum absolute atomic E-state index is 0.920. The van der Waals surface area contributed by atoms with Gasteiger partial charge in [-0.25, -0.2) is 0 Å². The van der Waals surface area contributed by atoms with Crippen LogP contribution in [-0.2, 0) is 0 Å². The molecule has 0 aliphatic carbocycles. The van der Waals surface area contributed by atoms with Gasteiger partial charge in [0, 0.05) is 16.3 Å². The molecule has 210 valence electrons. The maximum atomic E-state index is 6.36. The van der Waals surface area contributed by atoms with Crippen LogP contribution in [0.2, 0.25) is 0 Å². The lowest BCUT2D eigenvalue weighted by molar-refractivity contribution is 0.670. The minimum Gasteiger partial charge on any atom is -0.455 e. The van der Waals surface area contributed by atoms with E-state index in [1.165, 1.54) is 54.9 Å². The molecule has 0 N–H and O–H groups in total.